The predicted molar refractivity (Wildman–Crippen MR) is 114 cm³/mol. The van der Waals surface area contributed by atoms with Crippen LogP contribution in [0.15, 0.2) is 72.3 Å². The number of fused-ring (bicyclic) bond motifs is 1. The zero-order chi connectivity index (χ0) is 22.3. The van der Waals surface area contributed by atoms with E-state index in [-0.39, 0.29) is 5.69 Å². The van der Waals surface area contributed by atoms with E-state index in [1.54, 1.807) is 23.1 Å². The number of anilines is 1. The Labute approximate surface area is 184 Å². The number of nitrogens with zero attached hydrogens (tertiary/aromatic N) is 5. The molecule has 1 aromatic carbocycles. The number of sulfonamides is 1. The first-order valence-electron chi connectivity index (χ1n) is 9.09. The Morgan fingerprint density at radius 2 is 1.78 bits per heavy atom. The van der Waals surface area contributed by atoms with Crippen molar-refractivity contribution in [2.75, 3.05) is 4.72 Å². The van der Waals surface area contributed by atoms with E-state index in [0.717, 1.165) is 23.4 Å². The van der Waals surface area contributed by atoms with Crippen LogP contribution in [0.25, 0.3) is 26.8 Å². The summed E-state index contributed by atoms with van der Waals surface area (Å²) in [6.07, 6.45) is 7.94. The summed E-state index contributed by atoms with van der Waals surface area (Å²) in [6.45, 7) is 0. The van der Waals surface area contributed by atoms with Gasteiger partial charge in [-0.1, -0.05) is 11.3 Å². The Kier molecular flexibility index (Phi) is 4.87. The third-order valence-corrected chi connectivity index (χ3v) is 6.83. The van der Waals surface area contributed by atoms with Gasteiger partial charge in [0.2, 0.25) is 4.96 Å². The van der Waals surface area contributed by atoms with Gasteiger partial charge in [0.15, 0.2) is 0 Å². The lowest BCUT2D eigenvalue weighted by molar-refractivity contribution is 0.551. The molecule has 1 N–H and O–H groups in total. The maximum Gasteiger partial charge on any atom is 0.264 e. The quantitative estimate of drug-likeness (QED) is 0.417. The first-order chi connectivity index (χ1) is 15.4. The van der Waals surface area contributed by atoms with Gasteiger partial charge in [0.1, 0.15) is 21.5 Å². The molecule has 0 atom stereocenters. The highest BCUT2D eigenvalue weighted by Crippen LogP contribution is 2.29. The highest BCUT2D eigenvalue weighted by atomic mass is 32.2. The minimum Gasteiger partial charge on any atom is -0.278 e. The summed E-state index contributed by atoms with van der Waals surface area (Å²) in [5.41, 5.74) is 2.31. The number of pyridine rings is 2. The fraction of sp³-hybridized carbons (Fsp3) is 0. The molecule has 0 spiro atoms. The molecule has 5 aromatic rings. The number of hydrogen-bond acceptors (Lipinski definition) is 7. The van der Waals surface area contributed by atoms with Crippen molar-refractivity contribution in [3.05, 3.63) is 79.0 Å². The van der Waals surface area contributed by atoms with E-state index in [1.807, 2.05) is 12.1 Å². The van der Waals surface area contributed by atoms with Crippen LogP contribution in [0.4, 0.5) is 14.5 Å². The van der Waals surface area contributed by atoms with Crippen molar-refractivity contribution in [1.82, 2.24) is 24.6 Å². The SMILES string of the molecule is O=S(=O)(Nc1cncc(-c2nn3cc(-c4ccncc4)nc3s2)c1)c1ccc(F)cc1F. The van der Waals surface area contributed by atoms with Crippen LogP contribution in [0.3, 0.4) is 0 Å². The van der Waals surface area contributed by atoms with E-state index in [0.29, 0.717) is 21.6 Å². The van der Waals surface area contributed by atoms with E-state index in [2.05, 4.69) is 24.8 Å². The minimum absolute atomic E-state index is 0.108. The molecule has 0 radical (unpaired) electrons. The largest absolute Gasteiger partial charge is 0.278 e. The van der Waals surface area contributed by atoms with Crippen molar-refractivity contribution < 1.29 is 17.2 Å². The van der Waals surface area contributed by atoms with Gasteiger partial charge < -0.3 is 0 Å². The molecule has 8 nitrogen and oxygen atoms in total. The number of hydrogen-bond donors (Lipinski definition) is 1. The van der Waals surface area contributed by atoms with E-state index in [9.17, 15) is 17.2 Å². The second kappa shape index (κ2) is 7.73. The van der Waals surface area contributed by atoms with Crippen LogP contribution in [-0.2, 0) is 10.0 Å². The van der Waals surface area contributed by atoms with Crippen LogP contribution >= 0.6 is 11.3 Å². The molecule has 4 heterocycles. The van der Waals surface area contributed by atoms with Crippen LogP contribution in [0, 0.1) is 11.6 Å². The normalized spacial score (nSPS) is 11.7. The molecular formula is C20H12F2N6O2S2. The smallest absolute Gasteiger partial charge is 0.264 e. The van der Waals surface area contributed by atoms with E-state index >= 15 is 0 Å². The van der Waals surface area contributed by atoms with E-state index < -0.39 is 26.6 Å². The lowest BCUT2D eigenvalue weighted by Crippen LogP contribution is -2.15. The standard InChI is InChI=1S/C20H12F2N6O2S2/c21-14-1-2-18(16(22)8-14)32(29,30)27-15-7-13(9-24-10-15)19-26-28-11-17(25-20(28)31-19)12-3-5-23-6-4-12/h1-11,27H. The number of rotatable bonds is 5. The van der Waals surface area contributed by atoms with Crippen LogP contribution < -0.4 is 4.72 Å². The number of benzene rings is 1. The summed E-state index contributed by atoms with van der Waals surface area (Å²) in [5.74, 6) is -2.06. The van der Waals surface area contributed by atoms with Crippen molar-refractivity contribution in [1.29, 1.82) is 0 Å². The maximum atomic E-state index is 13.9. The summed E-state index contributed by atoms with van der Waals surface area (Å²) in [5, 5.41) is 5.05. The van der Waals surface area contributed by atoms with Crippen LogP contribution in [0.2, 0.25) is 0 Å². The van der Waals surface area contributed by atoms with E-state index in [4.69, 9.17) is 0 Å². The highest BCUT2D eigenvalue weighted by molar-refractivity contribution is 7.92. The van der Waals surface area contributed by atoms with Crippen molar-refractivity contribution in [3.8, 4) is 21.8 Å². The fourth-order valence-corrected chi connectivity index (χ4v) is 4.95. The minimum atomic E-state index is -4.28. The zero-order valence-electron chi connectivity index (χ0n) is 16.0. The number of aromatic nitrogens is 5. The molecule has 0 fully saturated rings. The van der Waals surface area contributed by atoms with Gasteiger partial charge >= 0.3 is 0 Å². The molecular weight excluding hydrogens is 458 g/mol. The summed E-state index contributed by atoms with van der Waals surface area (Å²) < 4.78 is 56.0. The van der Waals surface area contributed by atoms with Gasteiger partial charge in [-0.25, -0.2) is 26.7 Å². The molecule has 4 aromatic heterocycles. The topological polar surface area (TPSA) is 102 Å². The molecule has 0 aliphatic rings. The molecule has 0 saturated carbocycles. The first-order valence-corrected chi connectivity index (χ1v) is 11.4. The van der Waals surface area contributed by atoms with Crippen LogP contribution in [-0.4, -0.2) is 33.0 Å². The lowest BCUT2D eigenvalue weighted by atomic mass is 10.2. The third-order valence-electron chi connectivity index (χ3n) is 4.44. The van der Waals surface area contributed by atoms with Crippen molar-refractivity contribution in [3.63, 3.8) is 0 Å². The Balaban J connectivity index is 1.43. The van der Waals surface area contributed by atoms with Gasteiger partial charge in [-0.15, -0.1) is 0 Å². The lowest BCUT2D eigenvalue weighted by Gasteiger charge is -2.09. The second-order valence-corrected chi connectivity index (χ2v) is 9.25. The van der Waals surface area contributed by atoms with Gasteiger partial charge in [-0.2, -0.15) is 5.10 Å². The monoisotopic (exact) mass is 470 g/mol. The van der Waals surface area contributed by atoms with Crippen molar-refractivity contribution in [2.45, 2.75) is 4.90 Å². The zero-order valence-corrected chi connectivity index (χ0v) is 17.6. The summed E-state index contributed by atoms with van der Waals surface area (Å²) in [6, 6.07) is 7.45. The molecule has 0 aliphatic carbocycles. The van der Waals surface area contributed by atoms with Gasteiger partial charge in [0.05, 0.1) is 23.8 Å². The van der Waals surface area contributed by atoms with Gasteiger partial charge in [-0.3, -0.25) is 14.7 Å². The van der Waals surface area contributed by atoms with Gasteiger partial charge in [0.25, 0.3) is 10.0 Å². The molecule has 0 unspecified atom stereocenters. The summed E-state index contributed by atoms with van der Waals surface area (Å²) in [4.78, 5) is 12.6. The molecule has 32 heavy (non-hydrogen) atoms. The highest BCUT2D eigenvalue weighted by Gasteiger charge is 2.20. The van der Waals surface area contributed by atoms with Crippen molar-refractivity contribution in [2.24, 2.45) is 0 Å². The average Bonchev–Trinajstić information content (AvgIpc) is 3.33. The number of imidazole rings is 1. The maximum absolute atomic E-state index is 13.9. The Hall–Kier alpha value is -3.77. The van der Waals surface area contributed by atoms with E-state index in [1.165, 1.54) is 29.8 Å². The predicted octanol–water partition coefficient (Wildman–Crippen LogP) is 3.99. The van der Waals surface area contributed by atoms with Gasteiger partial charge in [-0.05, 0) is 30.3 Å². The summed E-state index contributed by atoms with van der Waals surface area (Å²) in [7, 11) is -4.28. The van der Waals surface area contributed by atoms with Crippen LogP contribution in [0.1, 0.15) is 0 Å². The molecule has 0 amide bonds. The molecule has 5 rings (SSSR count). The van der Waals surface area contributed by atoms with Crippen molar-refractivity contribution >= 4 is 32.0 Å². The fourth-order valence-electron chi connectivity index (χ4n) is 2.99. The molecule has 0 saturated heterocycles. The Morgan fingerprint density at radius 3 is 2.53 bits per heavy atom. The third kappa shape index (κ3) is 3.81. The Morgan fingerprint density at radius 1 is 0.969 bits per heavy atom. The number of halogens is 2. The molecule has 160 valence electrons. The second-order valence-electron chi connectivity index (χ2n) is 6.64. The van der Waals surface area contributed by atoms with Gasteiger partial charge in [0, 0.05) is 35.8 Å². The summed E-state index contributed by atoms with van der Waals surface area (Å²) >= 11 is 1.30. The first kappa shape index (κ1) is 20.2. The Bertz CT molecular complexity index is 1520. The average molecular weight is 470 g/mol. The van der Waals surface area contributed by atoms with Crippen LogP contribution in [0.5, 0.6) is 0 Å². The number of nitrogens with one attached hydrogen (secondary N) is 1. The molecule has 12 heteroatoms. The molecule has 0 aliphatic heterocycles. The molecule has 0 bridgehead atoms.